The van der Waals surface area contributed by atoms with Crippen LogP contribution in [0.25, 0.3) is 27.9 Å². The van der Waals surface area contributed by atoms with Gasteiger partial charge in [-0.1, -0.05) is 48.0 Å². The molecule has 4 rings (SSSR count). The summed E-state index contributed by atoms with van der Waals surface area (Å²) < 4.78 is 0. The van der Waals surface area contributed by atoms with Gasteiger partial charge in [0.2, 0.25) is 0 Å². The van der Waals surface area contributed by atoms with Crippen LogP contribution in [0.3, 0.4) is 0 Å². The van der Waals surface area contributed by atoms with Gasteiger partial charge in [0.25, 0.3) is 0 Å². The molecule has 1 aliphatic carbocycles. The fourth-order valence-electron chi connectivity index (χ4n) is 3.10. The van der Waals surface area contributed by atoms with Gasteiger partial charge in [-0.15, -0.1) is 0 Å². The summed E-state index contributed by atoms with van der Waals surface area (Å²) in [4.78, 5) is 9.82. The summed E-state index contributed by atoms with van der Waals surface area (Å²) in [6, 6.07) is 16.0. The first-order valence-corrected chi connectivity index (χ1v) is 8.41. The minimum absolute atomic E-state index is 0.690. The summed E-state index contributed by atoms with van der Waals surface area (Å²) in [5.41, 5.74) is 6.13. The monoisotopic (exact) mass is 320 g/mol. The highest BCUT2D eigenvalue weighted by atomic mass is 35.5. The summed E-state index contributed by atoms with van der Waals surface area (Å²) in [5, 5.41) is 0.690. The van der Waals surface area contributed by atoms with Crippen molar-refractivity contribution in [3.8, 4) is 11.3 Å². The van der Waals surface area contributed by atoms with Gasteiger partial charge in [0, 0.05) is 10.6 Å². The first-order chi connectivity index (χ1) is 11.3. The van der Waals surface area contributed by atoms with Gasteiger partial charge in [-0.05, 0) is 49.5 Å². The molecule has 1 aliphatic rings. The number of allylic oxidation sites excluding steroid dienone is 2. The maximum atomic E-state index is 6.13. The van der Waals surface area contributed by atoms with E-state index >= 15 is 0 Å². The average molecular weight is 321 g/mol. The molecule has 0 amide bonds. The Morgan fingerprint density at radius 3 is 2.43 bits per heavy atom. The third kappa shape index (κ3) is 2.87. The molecule has 2 aromatic carbocycles. The van der Waals surface area contributed by atoms with Crippen LogP contribution in [0.15, 0.2) is 54.6 Å². The van der Waals surface area contributed by atoms with E-state index in [0.717, 1.165) is 40.8 Å². The summed E-state index contributed by atoms with van der Waals surface area (Å²) in [7, 11) is 0. The van der Waals surface area contributed by atoms with Crippen LogP contribution in [-0.2, 0) is 0 Å². The molecule has 0 radical (unpaired) electrons. The first kappa shape index (κ1) is 14.4. The van der Waals surface area contributed by atoms with Gasteiger partial charge >= 0.3 is 0 Å². The van der Waals surface area contributed by atoms with Gasteiger partial charge in [-0.3, -0.25) is 0 Å². The predicted molar refractivity (Wildman–Crippen MR) is 96.4 cm³/mol. The quantitative estimate of drug-likeness (QED) is 0.586. The van der Waals surface area contributed by atoms with Crippen LogP contribution in [0.2, 0.25) is 5.02 Å². The van der Waals surface area contributed by atoms with E-state index in [9.17, 15) is 0 Å². The Balaban J connectivity index is 1.98. The van der Waals surface area contributed by atoms with E-state index in [-0.39, 0.29) is 0 Å². The summed E-state index contributed by atoms with van der Waals surface area (Å²) in [6.45, 7) is 0. The van der Waals surface area contributed by atoms with Gasteiger partial charge in [0.05, 0.1) is 22.4 Å². The van der Waals surface area contributed by atoms with Crippen LogP contribution in [0.4, 0.5) is 0 Å². The molecular weight excluding hydrogens is 304 g/mol. The molecule has 0 unspecified atom stereocenters. The third-order valence-electron chi connectivity index (χ3n) is 4.27. The van der Waals surface area contributed by atoms with Crippen LogP contribution in [0.5, 0.6) is 0 Å². The molecule has 0 atom stereocenters. The second-order valence-electron chi connectivity index (χ2n) is 5.90. The molecule has 0 aliphatic heterocycles. The second-order valence-corrected chi connectivity index (χ2v) is 6.33. The van der Waals surface area contributed by atoms with Gasteiger partial charge in [0.15, 0.2) is 0 Å². The molecule has 0 fully saturated rings. The van der Waals surface area contributed by atoms with Gasteiger partial charge in [-0.2, -0.15) is 0 Å². The molecular formula is C20H17ClN2. The fourth-order valence-corrected chi connectivity index (χ4v) is 3.27. The SMILES string of the molecule is Clc1ccc2nc(C3=CCCCC3)c(-c3ccccc3)nc2c1. The zero-order valence-electron chi connectivity index (χ0n) is 12.8. The molecule has 0 saturated carbocycles. The zero-order chi connectivity index (χ0) is 15.6. The Hall–Kier alpha value is -2.19. The molecule has 3 aromatic rings. The van der Waals surface area contributed by atoms with E-state index in [1.54, 1.807) is 0 Å². The molecule has 23 heavy (non-hydrogen) atoms. The lowest BCUT2D eigenvalue weighted by atomic mass is 9.94. The number of fused-ring (bicyclic) bond motifs is 1. The number of halogens is 1. The summed E-state index contributed by atoms with van der Waals surface area (Å²) in [5.74, 6) is 0. The van der Waals surface area contributed by atoms with Crippen molar-refractivity contribution in [2.24, 2.45) is 0 Å². The van der Waals surface area contributed by atoms with Crippen LogP contribution < -0.4 is 0 Å². The molecule has 3 heteroatoms. The first-order valence-electron chi connectivity index (χ1n) is 8.03. The molecule has 2 nitrogen and oxygen atoms in total. The number of rotatable bonds is 2. The van der Waals surface area contributed by atoms with Crippen molar-refractivity contribution >= 4 is 28.2 Å². The highest BCUT2D eigenvalue weighted by Crippen LogP contribution is 2.33. The van der Waals surface area contributed by atoms with E-state index in [2.05, 4.69) is 18.2 Å². The van der Waals surface area contributed by atoms with Crippen LogP contribution in [0, 0.1) is 0 Å². The number of benzene rings is 2. The van der Waals surface area contributed by atoms with Crippen molar-refractivity contribution < 1.29 is 0 Å². The molecule has 0 bridgehead atoms. The Kier molecular flexibility index (Phi) is 3.84. The van der Waals surface area contributed by atoms with Crippen molar-refractivity contribution in [3.63, 3.8) is 0 Å². The second kappa shape index (κ2) is 6.13. The number of nitrogens with zero attached hydrogens (tertiary/aromatic N) is 2. The third-order valence-corrected chi connectivity index (χ3v) is 4.50. The molecule has 0 N–H and O–H groups in total. The van der Waals surface area contributed by atoms with Crippen LogP contribution in [0.1, 0.15) is 31.4 Å². The number of aromatic nitrogens is 2. The minimum Gasteiger partial charge on any atom is -0.244 e. The van der Waals surface area contributed by atoms with E-state index in [4.69, 9.17) is 21.6 Å². The maximum Gasteiger partial charge on any atom is 0.0969 e. The largest absolute Gasteiger partial charge is 0.244 e. The van der Waals surface area contributed by atoms with Crippen LogP contribution >= 0.6 is 11.6 Å². The lowest BCUT2D eigenvalue weighted by Gasteiger charge is -2.16. The molecule has 1 aromatic heterocycles. The topological polar surface area (TPSA) is 25.8 Å². The maximum absolute atomic E-state index is 6.13. The van der Waals surface area contributed by atoms with Crippen molar-refractivity contribution in [2.45, 2.75) is 25.7 Å². The zero-order valence-corrected chi connectivity index (χ0v) is 13.6. The predicted octanol–water partition coefficient (Wildman–Crippen LogP) is 5.91. The van der Waals surface area contributed by atoms with E-state index < -0.39 is 0 Å². The molecule has 114 valence electrons. The lowest BCUT2D eigenvalue weighted by Crippen LogP contribution is -2.01. The van der Waals surface area contributed by atoms with Crippen LogP contribution in [-0.4, -0.2) is 9.97 Å². The molecule has 0 saturated heterocycles. The fraction of sp³-hybridized carbons (Fsp3) is 0.200. The Bertz CT molecular complexity index is 885. The lowest BCUT2D eigenvalue weighted by molar-refractivity contribution is 0.740. The average Bonchev–Trinajstić information content (AvgIpc) is 2.62. The number of hydrogen-bond donors (Lipinski definition) is 0. The van der Waals surface area contributed by atoms with E-state index in [0.29, 0.717) is 5.02 Å². The van der Waals surface area contributed by atoms with Crippen molar-refractivity contribution in [1.82, 2.24) is 9.97 Å². The van der Waals surface area contributed by atoms with Gasteiger partial charge in [0.1, 0.15) is 0 Å². The van der Waals surface area contributed by atoms with Crippen molar-refractivity contribution in [1.29, 1.82) is 0 Å². The summed E-state index contributed by atoms with van der Waals surface area (Å²) in [6.07, 6.45) is 7.01. The highest BCUT2D eigenvalue weighted by Gasteiger charge is 2.16. The molecule has 1 heterocycles. The van der Waals surface area contributed by atoms with Crippen molar-refractivity contribution in [3.05, 3.63) is 65.3 Å². The van der Waals surface area contributed by atoms with Gasteiger partial charge < -0.3 is 0 Å². The highest BCUT2D eigenvalue weighted by molar-refractivity contribution is 6.31. The van der Waals surface area contributed by atoms with E-state index in [1.165, 1.54) is 18.4 Å². The Labute approximate surface area is 140 Å². The minimum atomic E-state index is 0.690. The normalized spacial score (nSPS) is 14.7. The molecule has 0 spiro atoms. The van der Waals surface area contributed by atoms with Gasteiger partial charge in [-0.25, -0.2) is 9.97 Å². The Morgan fingerprint density at radius 1 is 0.826 bits per heavy atom. The summed E-state index contributed by atoms with van der Waals surface area (Å²) >= 11 is 6.13. The van der Waals surface area contributed by atoms with E-state index in [1.807, 2.05) is 36.4 Å². The van der Waals surface area contributed by atoms with Crippen molar-refractivity contribution in [2.75, 3.05) is 0 Å². The smallest absolute Gasteiger partial charge is 0.0969 e. The number of hydrogen-bond acceptors (Lipinski definition) is 2. The standard InChI is InChI=1S/C20H17ClN2/c21-16-11-12-17-18(13-16)23-20(15-9-5-2-6-10-15)19(22-17)14-7-3-1-4-8-14/h2,5-7,9-13H,1,3-4,8H2. The Morgan fingerprint density at radius 2 is 1.65 bits per heavy atom.